The van der Waals surface area contributed by atoms with E-state index in [0.717, 1.165) is 0 Å². The summed E-state index contributed by atoms with van der Waals surface area (Å²) < 4.78 is 36.9. The smallest absolute Gasteiger partial charge is 0.351 e. The van der Waals surface area contributed by atoms with E-state index in [0.29, 0.717) is 0 Å². The number of hydrogen-bond donors (Lipinski definition) is 1. The first-order chi connectivity index (χ1) is 8.83. The molecule has 1 heterocycles. The topological polar surface area (TPSA) is 65.8 Å². The second-order valence-corrected chi connectivity index (χ2v) is 4.70. The normalized spacial score (nSPS) is 12.6. The molecule has 0 radical (unpaired) electrons. The third-order valence-electron chi connectivity index (χ3n) is 2.02. The molecular formula is C11H10F3N3OS. The zero-order valence-electron chi connectivity index (χ0n) is 9.86. The van der Waals surface area contributed by atoms with Crippen molar-refractivity contribution >= 4 is 17.7 Å². The molecule has 1 aromatic rings. The maximum atomic E-state index is 12.3. The summed E-state index contributed by atoms with van der Waals surface area (Å²) in [6.07, 6.45) is 1.18. The molecule has 0 spiro atoms. The molecule has 0 aliphatic heterocycles. The molecule has 1 atom stereocenters. The molecule has 1 N–H and O–H groups in total. The molecule has 19 heavy (non-hydrogen) atoms. The van der Waals surface area contributed by atoms with E-state index in [1.54, 1.807) is 6.92 Å². The van der Waals surface area contributed by atoms with E-state index in [1.165, 1.54) is 18.3 Å². The molecule has 0 saturated heterocycles. The van der Waals surface area contributed by atoms with Crippen LogP contribution in [0.15, 0.2) is 23.4 Å². The van der Waals surface area contributed by atoms with Crippen LogP contribution in [0.5, 0.6) is 0 Å². The Kier molecular flexibility index (Phi) is 5.18. The summed E-state index contributed by atoms with van der Waals surface area (Å²) >= 11 is -0.441. The molecule has 0 bridgehead atoms. The number of nitrogens with zero attached hydrogens (tertiary/aromatic N) is 2. The number of thioether (sulfide) groups is 1. The Morgan fingerprint density at radius 1 is 1.63 bits per heavy atom. The van der Waals surface area contributed by atoms with Gasteiger partial charge in [0.2, 0.25) is 0 Å². The van der Waals surface area contributed by atoms with Crippen molar-refractivity contribution in [2.24, 2.45) is 5.92 Å². The highest BCUT2D eigenvalue weighted by molar-refractivity contribution is 8.00. The van der Waals surface area contributed by atoms with E-state index in [2.05, 4.69) is 10.3 Å². The lowest BCUT2D eigenvalue weighted by molar-refractivity contribution is -0.0329. The molecule has 1 amide bonds. The van der Waals surface area contributed by atoms with Crippen LogP contribution in [0.25, 0.3) is 0 Å². The first-order valence-electron chi connectivity index (χ1n) is 5.22. The number of hydrogen-bond acceptors (Lipinski definition) is 4. The van der Waals surface area contributed by atoms with Crippen LogP contribution in [0.1, 0.15) is 17.3 Å². The number of aromatic nitrogens is 1. The second kappa shape index (κ2) is 6.43. The molecule has 0 aliphatic rings. The number of nitriles is 1. The number of amides is 1. The fourth-order valence-corrected chi connectivity index (χ4v) is 1.74. The third-order valence-corrected chi connectivity index (χ3v) is 2.77. The summed E-state index contributed by atoms with van der Waals surface area (Å²) in [7, 11) is 0. The van der Waals surface area contributed by atoms with Crippen LogP contribution >= 0.6 is 11.8 Å². The van der Waals surface area contributed by atoms with Crippen molar-refractivity contribution in [1.82, 2.24) is 10.3 Å². The molecule has 4 nitrogen and oxygen atoms in total. The van der Waals surface area contributed by atoms with Crippen molar-refractivity contribution in [2.45, 2.75) is 17.5 Å². The van der Waals surface area contributed by atoms with Gasteiger partial charge in [0.25, 0.3) is 5.91 Å². The van der Waals surface area contributed by atoms with E-state index in [-0.39, 0.29) is 12.1 Å². The fraction of sp³-hybridized carbons (Fsp3) is 0.364. The standard InChI is InChI=1S/C11H10F3N3OS/c1-7(5-15)6-17-9(18)8-3-2-4-16-10(8)19-11(12,13)14/h2-4,7H,6H2,1H3,(H,17,18). The van der Waals surface area contributed by atoms with E-state index >= 15 is 0 Å². The summed E-state index contributed by atoms with van der Waals surface area (Å²) in [6.45, 7) is 1.66. The highest BCUT2D eigenvalue weighted by Gasteiger charge is 2.32. The maximum absolute atomic E-state index is 12.3. The van der Waals surface area contributed by atoms with E-state index in [1.807, 2.05) is 6.07 Å². The fourth-order valence-electron chi connectivity index (χ4n) is 1.14. The highest BCUT2D eigenvalue weighted by atomic mass is 32.2. The predicted molar refractivity (Wildman–Crippen MR) is 63.3 cm³/mol. The number of nitrogens with one attached hydrogen (secondary N) is 1. The number of carbonyl (C=O) groups is 1. The van der Waals surface area contributed by atoms with E-state index in [9.17, 15) is 18.0 Å². The van der Waals surface area contributed by atoms with Crippen molar-refractivity contribution in [2.75, 3.05) is 6.54 Å². The molecular weight excluding hydrogens is 279 g/mol. The minimum Gasteiger partial charge on any atom is -0.351 e. The lowest BCUT2D eigenvalue weighted by Crippen LogP contribution is -2.28. The first kappa shape index (κ1) is 15.3. The zero-order valence-corrected chi connectivity index (χ0v) is 10.7. The van der Waals surface area contributed by atoms with E-state index < -0.39 is 34.1 Å². The van der Waals surface area contributed by atoms with Gasteiger partial charge in [0.15, 0.2) is 0 Å². The van der Waals surface area contributed by atoms with Gasteiger partial charge in [-0.1, -0.05) is 0 Å². The second-order valence-electron chi connectivity index (χ2n) is 3.64. The lowest BCUT2D eigenvalue weighted by Gasteiger charge is -2.10. The van der Waals surface area contributed by atoms with Crippen LogP contribution in [0.4, 0.5) is 13.2 Å². The van der Waals surface area contributed by atoms with Gasteiger partial charge in [-0.05, 0) is 19.1 Å². The Morgan fingerprint density at radius 2 is 2.32 bits per heavy atom. The van der Waals surface area contributed by atoms with Crippen molar-refractivity contribution in [1.29, 1.82) is 5.26 Å². The van der Waals surface area contributed by atoms with Gasteiger partial charge < -0.3 is 5.32 Å². The van der Waals surface area contributed by atoms with Gasteiger partial charge in [-0.25, -0.2) is 4.98 Å². The van der Waals surface area contributed by atoms with E-state index in [4.69, 9.17) is 5.26 Å². The molecule has 102 valence electrons. The quantitative estimate of drug-likeness (QED) is 0.865. The van der Waals surface area contributed by atoms with Crippen LogP contribution in [0.2, 0.25) is 0 Å². The number of rotatable bonds is 4. The minimum absolute atomic E-state index is 0.0698. The maximum Gasteiger partial charge on any atom is 0.447 e. The summed E-state index contributed by atoms with van der Waals surface area (Å²) in [5, 5.41) is 10.5. The van der Waals surface area contributed by atoms with Crippen molar-refractivity contribution in [3.63, 3.8) is 0 Å². The third kappa shape index (κ3) is 5.18. The van der Waals surface area contributed by atoms with Crippen LogP contribution < -0.4 is 5.32 Å². The summed E-state index contributed by atoms with van der Waals surface area (Å²) in [6, 6.07) is 4.54. The Labute approximate surface area is 112 Å². The van der Waals surface area contributed by atoms with Gasteiger partial charge in [-0.15, -0.1) is 0 Å². The summed E-state index contributed by atoms with van der Waals surface area (Å²) in [4.78, 5) is 15.3. The molecule has 0 aliphatic carbocycles. The molecule has 0 fully saturated rings. The van der Waals surface area contributed by atoms with Gasteiger partial charge in [-0.2, -0.15) is 18.4 Å². The summed E-state index contributed by atoms with van der Waals surface area (Å²) in [5.41, 5.74) is -4.67. The van der Waals surface area contributed by atoms with Gasteiger partial charge in [-0.3, -0.25) is 4.79 Å². The number of halogens is 3. The molecule has 1 rings (SSSR count). The minimum atomic E-state index is -4.51. The monoisotopic (exact) mass is 289 g/mol. The summed E-state index contributed by atoms with van der Waals surface area (Å²) in [5.74, 6) is -1.10. The largest absolute Gasteiger partial charge is 0.447 e. The molecule has 0 saturated carbocycles. The molecule has 1 aromatic heterocycles. The molecule has 8 heteroatoms. The van der Waals surface area contributed by atoms with Crippen LogP contribution in [-0.2, 0) is 0 Å². The number of carbonyl (C=O) groups excluding carboxylic acids is 1. The number of alkyl halides is 3. The van der Waals surface area contributed by atoms with Crippen LogP contribution in [0.3, 0.4) is 0 Å². The molecule has 0 aromatic carbocycles. The van der Waals surface area contributed by atoms with Gasteiger partial charge >= 0.3 is 5.51 Å². The SMILES string of the molecule is CC(C#N)CNC(=O)c1cccnc1SC(F)(F)F. The van der Waals surface area contributed by atoms with Crippen molar-refractivity contribution in [3.8, 4) is 6.07 Å². The van der Waals surface area contributed by atoms with Gasteiger partial charge in [0.1, 0.15) is 5.03 Å². The Balaban J connectivity index is 2.83. The highest BCUT2D eigenvalue weighted by Crippen LogP contribution is 2.37. The lowest BCUT2D eigenvalue weighted by atomic mass is 10.2. The van der Waals surface area contributed by atoms with Gasteiger partial charge in [0, 0.05) is 24.5 Å². The molecule has 1 unspecified atom stereocenters. The Hall–Kier alpha value is -1.75. The zero-order chi connectivity index (χ0) is 14.5. The first-order valence-corrected chi connectivity index (χ1v) is 6.03. The van der Waals surface area contributed by atoms with Gasteiger partial charge in [0.05, 0.1) is 17.6 Å². The van der Waals surface area contributed by atoms with Crippen molar-refractivity contribution in [3.05, 3.63) is 23.9 Å². The predicted octanol–water partition coefficient (Wildman–Crippen LogP) is 2.58. The van der Waals surface area contributed by atoms with Crippen LogP contribution in [0, 0.1) is 17.2 Å². The average Bonchev–Trinajstić information content (AvgIpc) is 2.34. The van der Waals surface area contributed by atoms with Crippen LogP contribution in [-0.4, -0.2) is 22.9 Å². The number of pyridine rings is 1. The Bertz CT molecular complexity index is 499. The Morgan fingerprint density at radius 3 is 2.89 bits per heavy atom. The van der Waals surface area contributed by atoms with Crippen molar-refractivity contribution < 1.29 is 18.0 Å². The average molecular weight is 289 g/mol.